The second kappa shape index (κ2) is 8.21. The first-order chi connectivity index (χ1) is 12.2. The lowest BCUT2D eigenvalue weighted by Crippen LogP contribution is -2.50. The van der Waals surface area contributed by atoms with Crippen molar-refractivity contribution in [1.82, 2.24) is 4.90 Å². The van der Waals surface area contributed by atoms with E-state index in [2.05, 4.69) is 46.3 Å². The number of aryl methyl sites for hydroxylation is 1. The third kappa shape index (κ3) is 4.42. The van der Waals surface area contributed by atoms with Crippen molar-refractivity contribution in [2.75, 3.05) is 43.0 Å². The number of nitrogens with one attached hydrogen (secondary N) is 1. The summed E-state index contributed by atoms with van der Waals surface area (Å²) in [6.07, 6.45) is 0. The zero-order valence-electron chi connectivity index (χ0n) is 14.9. The Balaban J connectivity index is 1.54. The molecule has 2 aromatic carbocycles. The highest BCUT2D eigenvalue weighted by molar-refractivity contribution is 7.80. The Morgan fingerprint density at radius 1 is 1.04 bits per heavy atom. The Labute approximate surface area is 155 Å². The third-order valence-corrected chi connectivity index (χ3v) is 4.80. The lowest BCUT2D eigenvalue weighted by atomic mass is 10.1. The third-order valence-electron chi connectivity index (χ3n) is 4.44. The Morgan fingerprint density at radius 2 is 1.72 bits per heavy atom. The van der Waals surface area contributed by atoms with E-state index < -0.39 is 0 Å². The van der Waals surface area contributed by atoms with Crippen molar-refractivity contribution in [2.45, 2.75) is 13.8 Å². The van der Waals surface area contributed by atoms with E-state index >= 15 is 0 Å². The van der Waals surface area contributed by atoms with Gasteiger partial charge in [-0.1, -0.05) is 18.2 Å². The molecule has 25 heavy (non-hydrogen) atoms. The van der Waals surface area contributed by atoms with Gasteiger partial charge in [-0.25, -0.2) is 0 Å². The van der Waals surface area contributed by atoms with E-state index in [0.29, 0.717) is 6.61 Å². The van der Waals surface area contributed by atoms with E-state index in [-0.39, 0.29) is 0 Å². The zero-order chi connectivity index (χ0) is 17.6. The summed E-state index contributed by atoms with van der Waals surface area (Å²) in [5, 5.41) is 4.12. The SMILES string of the molecule is CCOc1ccc(NC(=S)N2CCN(c3ccccc3C)CC2)cc1. The maximum Gasteiger partial charge on any atom is 0.173 e. The number of nitrogens with zero attached hydrogens (tertiary/aromatic N) is 2. The number of hydrogen-bond acceptors (Lipinski definition) is 3. The minimum atomic E-state index is 0.677. The Morgan fingerprint density at radius 3 is 2.36 bits per heavy atom. The van der Waals surface area contributed by atoms with Gasteiger partial charge in [-0.2, -0.15) is 0 Å². The fraction of sp³-hybridized carbons (Fsp3) is 0.350. The van der Waals surface area contributed by atoms with Gasteiger partial charge in [0.25, 0.3) is 0 Å². The highest BCUT2D eigenvalue weighted by Crippen LogP contribution is 2.21. The second-order valence-corrected chi connectivity index (χ2v) is 6.53. The van der Waals surface area contributed by atoms with E-state index in [1.54, 1.807) is 0 Å². The van der Waals surface area contributed by atoms with Gasteiger partial charge in [0.1, 0.15) is 5.75 Å². The van der Waals surface area contributed by atoms with Crippen LogP contribution >= 0.6 is 12.2 Å². The van der Waals surface area contributed by atoms with E-state index in [1.165, 1.54) is 11.3 Å². The molecule has 4 nitrogen and oxygen atoms in total. The van der Waals surface area contributed by atoms with Crippen LogP contribution in [0.2, 0.25) is 0 Å². The van der Waals surface area contributed by atoms with Crippen LogP contribution in [0.1, 0.15) is 12.5 Å². The summed E-state index contributed by atoms with van der Waals surface area (Å²) in [5.41, 5.74) is 3.65. The highest BCUT2D eigenvalue weighted by Gasteiger charge is 2.20. The number of piperazine rings is 1. The summed E-state index contributed by atoms with van der Waals surface area (Å²) in [4.78, 5) is 4.67. The molecule has 0 unspecified atom stereocenters. The van der Waals surface area contributed by atoms with E-state index in [9.17, 15) is 0 Å². The van der Waals surface area contributed by atoms with E-state index in [0.717, 1.165) is 42.7 Å². The molecule has 0 spiro atoms. The number of hydrogen-bond donors (Lipinski definition) is 1. The molecular formula is C20H25N3OS. The smallest absolute Gasteiger partial charge is 0.173 e. The zero-order valence-corrected chi connectivity index (χ0v) is 15.7. The summed E-state index contributed by atoms with van der Waals surface area (Å²) < 4.78 is 5.47. The molecule has 0 aromatic heterocycles. The van der Waals surface area contributed by atoms with Gasteiger partial charge in [0.15, 0.2) is 5.11 Å². The number of anilines is 2. The number of thiocarbonyl (C=S) groups is 1. The molecule has 1 saturated heterocycles. The number of benzene rings is 2. The van der Waals surface area contributed by atoms with E-state index in [1.807, 2.05) is 31.2 Å². The van der Waals surface area contributed by atoms with Gasteiger partial charge in [-0.3, -0.25) is 0 Å². The summed E-state index contributed by atoms with van der Waals surface area (Å²) in [7, 11) is 0. The highest BCUT2D eigenvalue weighted by atomic mass is 32.1. The summed E-state index contributed by atoms with van der Waals surface area (Å²) in [6, 6.07) is 16.5. The molecule has 0 atom stereocenters. The fourth-order valence-electron chi connectivity index (χ4n) is 3.07. The Hall–Kier alpha value is -2.27. The average Bonchev–Trinajstić information content (AvgIpc) is 2.64. The molecule has 0 saturated carbocycles. The summed E-state index contributed by atoms with van der Waals surface area (Å²) in [5.74, 6) is 0.880. The van der Waals surface area contributed by atoms with Crippen LogP contribution in [0.3, 0.4) is 0 Å². The first kappa shape index (κ1) is 17.5. The molecule has 0 aliphatic carbocycles. The Bertz CT molecular complexity index is 709. The van der Waals surface area contributed by atoms with Crippen LogP contribution in [-0.4, -0.2) is 42.8 Å². The standard InChI is InChI=1S/C20H25N3OS/c1-3-24-18-10-8-17(9-11-18)21-20(25)23-14-12-22(13-15-23)19-7-5-4-6-16(19)2/h4-11H,3,12-15H2,1-2H3,(H,21,25). The van der Waals surface area contributed by atoms with Crippen LogP contribution in [-0.2, 0) is 0 Å². The van der Waals surface area contributed by atoms with Gasteiger partial charge in [-0.05, 0) is 62.0 Å². The van der Waals surface area contributed by atoms with Gasteiger partial charge >= 0.3 is 0 Å². The van der Waals surface area contributed by atoms with Crippen molar-refractivity contribution >= 4 is 28.7 Å². The van der Waals surface area contributed by atoms with Gasteiger partial charge in [-0.15, -0.1) is 0 Å². The monoisotopic (exact) mass is 355 g/mol. The lowest BCUT2D eigenvalue weighted by molar-refractivity contribution is 0.340. The van der Waals surface area contributed by atoms with Crippen molar-refractivity contribution < 1.29 is 4.74 Å². The lowest BCUT2D eigenvalue weighted by Gasteiger charge is -2.38. The van der Waals surface area contributed by atoms with Crippen LogP contribution in [0.25, 0.3) is 0 Å². The first-order valence-corrected chi connectivity index (χ1v) is 9.17. The molecule has 5 heteroatoms. The largest absolute Gasteiger partial charge is 0.494 e. The molecule has 1 aliphatic heterocycles. The number of ether oxygens (including phenoxy) is 1. The number of para-hydroxylation sites is 1. The van der Waals surface area contributed by atoms with Crippen molar-refractivity contribution in [3.63, 3.8) is 0 Å². The quantitative estimate of drug-likeness (QED) is 0.840. The second-order valence-electron chi connectivity index (χ2n) is 6.15. The number of rotatable bonds is 4. The fourth-order valence-corrected chi connectivity index (χ4v) is 3.37. The molecule has 132 valence electrons. The van der Waals surface area contributed by atoms with Gasteiger partial charge in [0.05, 0.1) is 6.61 Å². The topological polar surface area (TPSA) is 27.7 Å². The van der Waals surface area contributed by atoms with Crippen molar-refractivity contribution in [3.05, 3.63) is 54.1 Å². The van der Waals surface area contributed by atoms with Crippen LogP contribution in [0.15, 0.2) is 48.5 Å². The molecule has 1 heterocycles. The van der Waals surface area contributed by atoms with Crippen LogP contribution in [0, 0.1) is 6.92 Å². The molecule has 1 N–H and O–H groups in total. The average molecular weight is 356 g/mol. The van der Waals surface area contributed by atoms with Gasteiger partial charge in [0.2, 0.25) is 0 Å². The van der Waals surface area contributed by atoms with Crippen LogP contribution in [0.5, 0.6) is 5.75 Å². The molecule has 0 radical (unpaired) electrons. The molecule has 0 amide bonds. The van der Waals surface area contributed by atoms with Crippen molar-refractivity contribution in [2.24, 2.45) is 0 Å². The summed E-state index contributed by atoms with van der Waals surface area (Å²) >= 11 is 5.59. The predicted octanol–water partition coefficient (Wildman–Crippen LogP) is 3.91. The van der Waals surface area contributed by atoms with Crippen molar-refractivity contribution in [3.8, 4) is 5.75 Å². The molecule has 1 aliphatic rings. The minimum absolute atomic E-state index is 0.677. The van der Waals surface area contributed by atoms with Crippen LogP contribution < -0.4 is 15.0 Å². The maximum atomic E-state index is 5.59. The minimum Gasteiger partial charge on any atom is -0.494 e. The normalized spacial score (nSPS) is 14.3. The summed E-state index contributed by atoms with van der Waals surface area (Å²) in [6.45, 7) is 8.65. The van der Waals surface area contributed by atoms with Crippen LogP contribution in [0.4, 0.5) is 11.4 Å². The molecule has 2 aromatic rings. The molecular weight excluding hydrogens is 330 g/mol. The van der Waals surface area contributed by atoms with Gasteiger partial charge in [0, 0.05) is 37.6 Å². The predicted molar refractivity (Wildman–Crippen MR) is 109 cm³/mol. The first-order valence-electron chi connectivity index (χ1n) is 8.76. The molecule has 1 fully saturated rings. The van der Waals surface area contributed by atoms with E-state index in [4.69, 9.17) is 17.0 Å². The van der Waals surface area contributed by atoms with Gasteiger partial charge < -0.3 is 19.9 Å². The maximum absolute atomic E-state index is 5.59. The molecule has 3 rings (SSSR count). The molecule has 0 bridgehead atoms. The Kier molecular flexibility index (Phi) is 5.76. The van der Waals surface area contributed by atoms with Crippen molar-refractivity contribution in [1.29, 1.82) is 0 Å².